The molecule has 1 N–H and O–H groups in total. The molecule has 72 valence electrons. The Kier molecular flexibility index (Phi) is 3.57. The van der Waals surface area contributed by atoms with Gasteiger partial charge in [0, 0.05) is 28.4 Å². The molecule has 1 aliphatic rings. The first-order valence-electron chi connectivity index (χ1n) is 4.22. The summed E-state index contributed by atoms with van der Waals surface area (Å²) in [5.74, 6) is 2.13. The average molecular weight is 216 g/mol. The zero-order chi connectivity index (χ0) is 8.93. The smallest absolute Gasteiger partial charge is 0.0946 e. The van der Waals surface area contributed by atoms with Crippen molar-refractivity contribution in [2.45, 2.75) is 6.10 Å². The molecule has 2 heterocycles. The maximum absolute atomic E-state index is 5.73. The quantitative estimate of drug-likeness (QED) is 0.778. The molecule has 1 unspecified atom stereocenters. The standard InChI is InChI=1S/C8H12N2OS2/c1-2-12-6-13-5-8(11-1)7-3-9-10-4-7/h3-4,8H,1-2,5-6H2,(H,9,10). The Morgan fingerprint density at radius 2 is 2.54 bits per heavy atom. The zero-order valence-electron chi connectivity index (χ0n) is 7.23. The maximum atomic E-state index is 5.73. The van der Waals surface area contributed by atoms with Gasteiger partial charge < -0.3 is 4.74 Å². The molecule has 0 aromatic carbocycles. The lowest BCUT2D eigenvalue weighted by Gasteiger charge is -2.18. The molecular formula is C8H12N2OS2. The summed E-state index contributed by atoms with van der Waals surface area (Å²) in [6.07, 6.45) is 3.99. The Morgan fingerprint density at radius 1 is 1.54 bits per heavy atom. The molecule has 0 spiro atoms. The lowest BCUT2D eigenvalue weighted by molar-refractivity contribution is 0.0816. The van der Waals surface area contributed by atoms with Crippen molar-refractivity contribution in [1.82, 2.24) is 10.2 Å². The number of thioether (sulfide) groups is 2. The van der Waals surface area contributed by atoms with Crippen LogP contribution in [0.1, 0.15) is 11.7 Å². The number of aromatic nitrogens is 2. The molecule has 5 heteroatoms. The van der Waals surface area contributed by atoms with E-state index in [1.165, 1.54) is 10.6 Å². The van der Waals surface area contributed by atoms with Crippen LogP contribution in [0, 0.1) is 0 Å². The third-order valence-electron chi connectivity index (χ3n) is 1.87. The number of nitrogens with zero attached hydrogens (tertiary/aromatic N) is 1. The van der Waals surface area contributed by atoms with Crippen LogP contribution in [0.2, 0.25) is 0 Å². The summed E-state index contributed by atoms with van der Waals surface area (Å²) in [7, 11) is 0. The molecule has 13 heavy (non-hydrogen) atoms. The maximum Gasteiger partial charge on any atom is 0.0946 e. The van der Waals surface area contributed by atoms with Gasteiger partial charge in [-0.2, -0.15) is 5.10 Å². The van der Waals surface area contributed by atoms with Gasteiger partial charge in [0.25, 0.3) is 0 Å². The summed E-state index contributed by atoms with van der Waals surface area (Å²) in [5, 5.41) is 7.93. The largest absolute Gasteiger partial charge is 0.372 e. The zero-order valence-corrected chi connectivity index (χ0v) is 8.87. The van der Waals surface area contributed by atoms with E-state index in [2.05, 4.69) is 10.2 Å². The monoisotopic (exact) mass is 216 g/mol. The molecule has 0 aliphatic carbocycles. The number of hydrogen-bond donors (Lipinski definition) is 1. The predicted octanol–water partition coefficient (Wildman–Crippen LogP) is 1.90. The van der Waals surface area contributed by atoms with E-state index in [4.69, 9.17) is 4.74 Å². The molecule has 2 rings (SSSR count). The summed E-state index contributed by atoms with van der Waals surface area (Å²) in [5.41, 5.74) is 1.17. The fraction of sp³-hybridized carbons (Fsp3) is 0.625. The van der Waals surface area contributed by atoms with Gasteiger partial charge in [0.2, 0.25) is 0 Å². The average Bonchev–Trinajstić information content (AvgIpc) is 2.55. The topological polar surface area (TPSA) is 37.9 Å². The first-order chi connectivity index (χ1) is 6.47. The van der Waals surface area contributed by atoms with Crippen molar-refractivity contribution in [3.8, 4) is 0 Å². The molecule has 1 aromatic heterocycles. The normalized spacial score (nSPS) is 25.1. The second kappa shape index (κ2) is 4.93. The van der Waals surface area contributed by atoms with Gasteiger partial charge in [-0.3, -0.25) is 5.10 Å². The van der Waals surface area contributed by atoms with Crippen molar-refractivity contribution in [3.05, 3.63) is 18.0 Å². The lowest BCUT2D eigenvalue weighted by Crippen LogP contribution is -2.11. The van der Waals surface area contributed by atoms with Crippen LogP contribution in [0.15, 0.2) is 12.4 Å². The second-order valence-corrected chi connectivity index (χ2v) is 5.29. The SMILES string of the molecule is c1n[nH]cc1C1CSCSCCO1. The Labute approximate surface area is 86.0 Å². The van der Waals surface area contributed by atoms with Crippen LogP contribution in [-0.2, 0) is 4.74 Å². The fourth-order valence-electron chi connectivity index (χ4n) is 1.20. The minimum absolute atomic E-state index is 0.227. The van der Waals surface area contributed by atoms with Crippen molar-refractivity contribution in [3.63, 3.8) is 0 Å². The Balaban J connectivity index is 1.96. The molecule has 0 bridgehead atoms. The summed E-state index contributed by atoms with van der Waals surface area (Å²) < 4.78 is 5.73. The molecule has 1 atom stereocenters. The van der Waals surface area contributed by atoms with Gasteiger partial charge in [0.15, 0.2) is 0 Å². The van der Waals surface area contributed by atoms with Crippen LogP contribution in [-0.4, -0.2) is 33.4 Å². The van der Waals surface area contributed by atoms with Gasteiger partial charge in [-0.05, 0) is 0 Å². The van der Waals surface area contributed by atoms with Crippen LogP contribution in [0.4, 0.5) is 0 Å². The molecular weight excluding hydrogens is 204 g/mol. The third-order valence-corrected chi connectivity index (χ3v) is 4.20. The van der Waals surface area contributed by atoms with Crippen molar-refractivity contribution >= 4 is 23.5 Å². The number of H-pyrrole nitrogens is 1. The van der Waals surface area contributed by atoms with E-state index >= 15 is 0 Å². The summed E-state index contributed by atoms with van der Waals surface area (Å²) in [4.78, 5) is 0. The van der Waals surface area contributed by atoms with Gasteiger partial charge in [-0.25, -0.2) is 0 Å². The minimum Gasteiger partial charge on any atom is -0.372 e. The Morgan fingerprint density at radius 3 is 3.38 bits per heavy atom. The molecule has 3 nitrogen and oxygen atoms in total. The molecule has 0 saturated carbocycles. The Bertz CT molecular complexity index is 232. The highest BCUT2D eigenvalue weighted by molar-refractivity contribution is 8.16. The fourth-order valence-corrected chi connectivity index (χ4v) is 3.24. The van der Waals surface area contributed by atoms with Crippen LogP contribution < -0.4 is 0 Å². The molecule has 1 aliphatic heterocycles. The van der Waals surface area contributed by atoms with Crippen LogP contribution in [0.25, 0.3) is 0 Å². The number of hydrogen-bond acceptors (Lipinski definition) is 4. The number of nitrogens with one attached hydrogen (secondary N) is 1. The minimum atomic E-state index is 0.227. The highest BCUT2D eigenvalue weighted by Crippen LogP contribution is 2.26. The van der Waals surface area contributed by atoms with Crippen molar-refractivity contribution < 1.29 is 4.74 Å². The van der Waals surface area contributed by atoms with E-state index in [0.29, 0.717) is 0 Å². The predicted molar refractivity (Wildman–Crippen MR) is 57.1 cm³/mol. The number of aromatic amines is 1. The Hall–Kier alpha value is -0.130. The summed E-state index contributed by atoms with van der Waals surface area (Å²) >= 11 is 3.87. The first kappa shape index (κ1) is 9.43. The van der Waals surface area contributed by atoms with Crippen molar-refractivity contribution in [2.24, 2.45) is 0 Å². The van der Waals surface area contributed by atoms with Crippen molar-refractivity contribution in [1.29, 1.82) is 0 Å². The van der Waals surface area contributed by atoms with E-state index in [9.17, 15) is 0 Å². The van der Waals surface area contributed by atoms with Crippen LogP contribution in [0.5, 0.6) is 0 Å². The van der Waals surface area contributed by atoms with E-state index in [-0.39, 0.29) is 6.10 Å². The highest BCUT2D eigenvalue weighted by Gasteiger charge is 2.14. The van der Waals surface area contributed by atoms with E-state index in [1.807, 2.05) is 35.9 Å². The molecule has 1 fully saturated rings. The van der Waals surface area contributed by atoms with Gasteiger partial charge in [-0.1, -0.05) is 0 Å². The van der Waals surface area contributed by atoms with Crippen LogP contribution >= 0.6 is 23.5 Å². The molecule has 0 amide bonds. The number of ether oxygens (including phenoxy) is 1. The molecule has 1 aromatic rings. The first-order valence-corrected chi connectivity index (χ1v) is 6.53. The van der Waals surface area contributed by atoms with E-state index in [0.717, 1.165) is 18.1 Å². The highest BCUT2D eigenvalue weighted by atomic mass is 32.2. The molecule has 1 saturated heterocycles. The van der Waals surface area contributed by atoms with Gasteiger partial charge in [-0.15, -0.1) is 23.5 Å². The van der Waals surface area contributed by atoms with E-state index < -0.39 is 0 Å². The van der Waals surface area contributed by atoms with Gasteiger partial charge >= 0.3 is 0 Å². The summed E-state index contributed by atoms with van der Waals surface area (Å²) in [6, 6.07) is 0. The molecule has 0 radical (unpaired) electrons. The summed E-state index contributed by atoms with van der Waals surface area (Å²) in [6.45, 7) is 0.848. The van der Waals surface area contributed by atoms with Gasteiger partial charge in [0.05, 0.1) is 18.9 Å². The van der Waals surface area contributed by atoms with Crippen molar-refractivity contribution in [2.75, 3.05) is 23.2 Å². The van der Waals surface area contributed by atoms with Crippen LogP contribution in [0.3, 0.4) is 0 Å². The lowest BCUT2D eigenvalue weighted by atomic mass is 10.2. The third kappa shape index (κ3) is 2.65. The second-order valence-electron chi connectivity index (χ2n) is 2.79. The number of rotatable bonds is 1. The van der Waals surface area contributed by atoms with E-state index in [1.54, 1.807) is 0 Å². The van der Waals surface area contributed by atoms with Gasteiger partial charge in [0.1, 0.15) is 0 Å².